The molecule has 3 nitrogen and oxygen atoms in total. The van der Waals surface area contributed by atoms with Crippen molar-refractivity contribution in [3.05, 3.63) is 53.8 Å². The van der Waals surface area contributed by atoms with Crippen molar-refractivity contribution in [2.45, 2.75) is 11.5 Å². The van der Waals surface area contributed by atoms with Gasteiger partial charge in [-0.3, -0.25) is 0 Å². The Morgan fingerprint density at radius 2 is 1.63 bits per heavy atom. The van der Waals surface area contributed by atoms with Crippen molar-refractivity contribution in [3.63, 3.8) is 0 Å². The molecule has 1 radical (unpaired) electrons. The van der Waals surface area contributed by atoms with Gasteiger partial charge in [0.25, 0.3) is 0 Å². The largest absolute Gasteiger partial charge is 0.232 e. The number of sulfone groups is 1. The van der Waals surface area contributed by atoms with E-state index < -0.39 is 16.4 Å². The number of hydrogen-bond acceptors (Lipinski definition) is 2. The van der Waals surface area contributed by atoms with Gasteiger partial charge in [-0.05, 0) is 47.0 Å². The molecular weight excluding hydrogens is 267 g/mol. The van der Waals surface area contributed by atoms with Crippen LogP contribution in [-0.4, -0.2) is 14.7 Å². The van der Waals surface area contributed by atoms with Gasteiger partial charge < -0.3 is 0 Å². The first-order valence-electron chi connectivity index (χ1n) is 5.58. The Hall–Kier alpha value is -1.72. The van der Waals surface area contributed by atoms with E-state index in [9.17, 15) is 17.9 Å². The summed E-state index contributed by atoms with van der Waals surface area (Å²) in [7, 11) is -3.39. The fourth-order valence-electron chi connectivity index (χ4n) is 1.77. The van der Waals surface area contributed by atoms with E-state index in [0.29, 0.717) is 16.7 Å². The van der Waals surface area contributed by atoms with Crippen molar-refractivity contribution in [2.75, 3.05) is 6.26 Å². The van der Waals surface area contributed by atoms with Crippen LogP contribution >= 0.6 is 0 Å². The second kappa shape index (κ2) is 5.11. The zero-order valence-electron chi connectivity index (χ0n) is 10.3. The predicted molar refractivity (Wildman–Crippen MR) is 69.3 cm³/mol. The van der Waals surface area contributed by atoms with E-state index in [1.807, 2.05) is 0 Å². The topological polar surface area (TPSA) is 54.0 Å². The normalized spacial score (nSPS) is 11.5. The molecule has 0 aliphatic carbocycles. The van der Waals surface area contributed by atoms with Crippen LogP contribution in [0.5, 0.6) is 0 Å². The number of hydrogen-bond donors (Lipinski definition) is 0. The second-order valence-corrected chi connectivity index (χ2v) is 6.30. The maximum atomic E-state index is 12.9. The van der Waals surface area contributed by atoms with E-state index in [1.54, 1.807) is 18.2 Å². The summed E-state index contributed by atoms with van der Waals surface area (Å²) >= 11 is 0. The summed E-state index contributed by atoms with van der Waals surface area (Å²) < 4.78 is 36.0. The molecule has 0 amide bonds. The summed E-state index contributed by atoms with van der Waals surface area (Å²) in [5.74, 6) is -0.368. The van der Waals surface area contributed by atoms with Gasteiger partial charge in [0.2, 0.25) is 0 Å². The average Bonchev–Trinajstić information content (AvgIpc) is 2.38. The number of rotatable bonds is 3. The Bertz CT molecular complexity index is 691. The number of benzene rings is 2. The van der Waals surface area contributed by atoms with Gasteiger partial charge in [0.05, 0.1) is 4.90 Å². The molecule has 2 aromatic carbocycles. The summed E-state index contributed by atoms with van der Waals surface area (Å²) in [4.78, 5) is 0.0974. The Balaban J connectivity index is 2.60. The van der Waals surface area contributed by atoms with Gasteiger partial charge in [0.15, 0.2) is 9.84 Å². The van der Waals surface area contributed by atoms with Crippen LogP contribution in [0.25, 0.3) is 11.1 Å². The number of halogens is 1. The van der Waals surface area contributed by atoms with Crippen LogP contribution in [-0.2, 0) is 21.6 Å². The molecule has 99 valence electrons. The summed E-state index contributed by atoms with van der Waals surface area (Å²) in [5, 5.41) is 11.0. The highest BCUT2D eigenvalue weighted by molar-refractivity contribution is 7.90. The van der Waals surface area contributed by atoms with E-state index >= 15 is 0 Å². The van der Waals surface area contributed by atoms with Gasteiger partial charge >= 0.3 is 0 Å². The van der Waals surface area contributed by atoms with Gasteiger partial charge in [0, 0.05) is 6.26 Å². The highest BCUT2D eigenvalue weighted by Gasteiger charge is 2.11. The van der Waals surface area contributed by atoms with Crippen LogP contribution in [0.2, 0.25) is 0 Å². The van der Waals surface area contributed by atoms with Gasteiger partial charge in [-0.2, -0.15) is 0 Å². The van der Waals surface area contributed by atoms with Gasteiger partial charge in [0.1, 0.15) is 12.4 Å². The Morgan fingerprint density at radius 1 is 1.00 bits per heavy atom. The van der Waals surface area contributed by atoms with Crippen molar-refractivity contribution in [1.82, 2.24) is 0 Å². The molecule has 5 heteroatoms. The standard InChI is InChI=1S/C14H12FO3S/c1-19(17,18)14-7-10(9-16)6-12(8-14)11-2-4-13(15)5-3-11/h2-8H,9H2,1H3. The molecule has 0 atom stereocenters. The molecule has 0 bridgehead atoms. The molecule has 0 aliphatic heterocycles. The second-order valence-electron chi connectivity index (χ2n) is 4.29. The van der Waals surface area contributed by atoms with Crippen molar-refractivity contribution < 1.29 is 17.9 Å². The lowest BCUT2D eigenvalue weighted by atomic mass is 10.0. The molecule has 0 N–H and O–H groups in total. The molecule has 0 saturated carbocycles. The van der Waals surface area contributed by atoms with E-state index in [0.717, 1.165) is 6.26 Å². The van der Waals surface area contributed by atoms with Gasteiger partial charge in [-0.1, -0.05) is 12.1 Å². The molecule has 0 fully saturated rings. The molecular formula is C14H12FO3S. The first-order chi connectivity index (χ1) is 8.90. The van der Waals surface area contributed by atoms with E-state index in [-0.39, 0.29) is 10.7 Å². The van der Waals surface area contributed by atoms with Gasteiger partial charge in [-0.25, -0.2) is 17.9 Å². The van der Waals surface area contributed by atoms with Crippen LogP contribution in [0, 0.1) is 5.82 Å². The minimum Gasteiger partial charge on any atom is -0.232 e. The molecule has 0 spiro atoms. The summed E-state index contributed by atoms with van der Waals surface area (Å²) in [5.41, 5.74) is 1.65. The molecule has 0 aromatic heterocycles. The molecule has 0 unspecified atom stereocenters. The summed E-state index contributed by atoms with van der Waals surface area (Å²) in [6.07, 6.45) is 1.09. The highest BCUT2D eigenvalue weighted by atomic mass is 32.2. The predicted octanol–water partition coefficient (Wildman–Crippen LogP) is 2.83. The first kappa shape index (κ1) is 13.7. The molecule has 0 saturated heterocycles. The van der Waals surface area contributed by atoms with Crippen molar-refractivity contribution >= 4 is 9.84 Å². The van der Waals surface area contributed by atoms with E-state index in [1.165, 1.54) is 24.3 Å². The minimum atomic E-state index is -3.39. The molecule has 2 aromatic rings. The average molecular weight is 279 g/mol. The third-order valence-electron chi connectivity index (χ3n) is 2.74. The van der Waals surface area contributed by atoms with E-state index in [2.05, 4.69) is 0 Å². The monoisotopic (exact) mass is 279 g/mol. The quantitative estimate of drug-likeness (QED) is 0.867. The van der Waals surface area contributed by atoms with E-state index in [4.69, 9.17) is 0 Å². The van der Waals surface area contributed by atoms with Crippen LogP contribution < -0.4 is 0 Å². The Kier molecular flexibility index (Phi) is 3.68. The fourth-order valence-corrected chi connectivity index (χ4v) is 2.47. The minimum absolute atomic E-state index is 0.0974. The summed E-state index contributed by atoms with van der Waals surface area (Å²) in [6, 6.07) is 10.2. The van der Waals surface area contributed by atoms with Crippen molar-refractivity contribution in [2.24, 2.45) is 0 Å². The maximum Gasteiger partial charge on any atom is 0.175 e. The lowest BCUT2D eigenvalue weighted by molar-refractivity contribution is 0.177. The van der Waals surface area contributed by atoms with Gasteiger partial charge in [-0.15, -0.1) is 0 Å². The van der Waals surface area contributed by atoms with Crippen molar-refractivity contribution in [3.8, 4) is 11.1 Å². The zero-order chi connectivity index (χ0) is 14.0. The SMILES string of the molecule is CS(=O)(=O)c1cc(C[O])cc(-c2ccc(F)cc2)c1. The lowest BCUT2D eigenvalue weighted by Gasteiger charge is -2.07. The van der Waals surface area contributed by atoms with Crippen LogP contribution in [0.3, 0.4) is 0 Å². The lowest BCUT2D eigenvalue weighted by Crippen LogP contribution is -1.99. The smallest absolute Gasteiger partial charge is 0.175 e. The Morgan fingerprint density at radius 3 is 2.16 bits per heavy atom. The van der Waals surface area contributed by atoms with Crippen LogP contribution in [0.15, 0.2) is 47.4 Å². The third-order valence-corrected chi connectivity index (χ3v) is 3.83. The molecule has 0 aliphatic rings. The molecule has 2 rings (SSSR count). The van der Waals surface area contributed by atoms with Crippen LogP contribution in [0.4, 0.5) is 4.39 Å². The maximum absolute atomic E-state index is 12.9. The first-order valence-corrected chi connectivity index (χ1v) is 7.47. The zero-order valence-corrected chi connectivity index (χ0v) is 11.1. The fraction of sp³-hybridized carbons (Fsp3) is 0.143. The summed E-state index contributed by atoms with van der Waals surface area (Å²) in [6.45, 7) is -0.502. The Labute approximate surface area is 111 Å². The molecule has 0 heterocycles. The molecule has 19 heavy (non-hydrogen) atoms. The van der Waals surface area contributed by atoms with Crippen molar-refractivity contribution in [1.29, 1.82) is 0 Å². The van der Waals surface area contributed by atoms with Crippen LogP contribution in [0.1, 0.15) is 5.56 Å². The highest BCUT2D eigenvalue weighted by Crippen LogP contribution is 2.25. The third kappa shape index (κ3) is 3.19.